The number of furan rings is 1. The van der Waals surface area contributed by atoms with Crippen LogP contribution >= 0.6 is 0 Å². The maximum Gasteiger partial charge on any atom is 0.375 e. The van der Waals surface area contributed by atoms with E-state index in [4.69, 9.17) is 13.9 Å². The summed E-state index contributed by atoms with van der Waals surface area (Å²) in [4.78, 5) is 38.7. The molecule has 3 rings (SSSR count). The molecule has 0 spiro atoms. The van der Waals surface area contributed by atoms with Crippen molar-refractivity contribution in [3.8, 4) is 11.1 Å². The fourth-order valence-electron chi connectivity index (χ4n) is 3.43. The second-order valence-corrected chi connectivity index (χ2v) is 6.93. The molecule has 1 aliphatic heterocycles. The number of hydrogen-bond donors (Lipinski definition) is 0. The summed E-state index contributed by atoms with van der Waals surface area (Å²) < 4.78 is 15.7. The van der Waals surface area contributed by atoms with Crippen LogP contribution in [0.25, 0.3) is 11.1 Å². The van der Waals surface area contributed by atoms with Gasteiger partial charge in [-0.2, -0.15) is 0 Å². The van der Waals surface area contributed by atoms with Gasteiger partial charge in [0, 0.05) is 18.7 Å². The lowest BCUT2D eigenvalue weighted by atomic mass is 9.97. The molecule has 29 heavy (non-hydrogen) atoms. The highest BCUT2D eigenvalue weighted by molar-refractivity contribution is 5.96. The van der Waals surface area contributed by atoms with Gasteiger partial charge in [-0.3, -0.25) is 9.59 Å². The van der Waals surface area contributed by atoms with Crippen LogP contribution in [-0.2, 0) is 19.1 Å². The van der Waals surface area contributed by atoms with Crippen molar-refractivity contribution < 1.29 is 28.3 Å². The number of ether oxygens (including phenoxy) is 2. The minimum Gasteiger partial charge on any atom is -0.466 e. The molecular weight excluding hydrogens is 374 g/mol. The van der Waals surface area contributed by atoms with E-state index in [1.807, 2.05) is 30.3 Å². The van der Waals surface area contributed by atoms with E-state index in [0.717, 1.165) is 5.56 Å². The van der Waals surface area contributed by atoms with Crippen LogP contribution in [0.15, 0.2) is 47.1 Å². The van der Waals surface area contributed by atoms with Gasteiger partial charge in [-0.25, -0.2) is 4.79 Å². The van der Waals surface area contributed by atoms with E-state index in [9.17, 15) is 14.4 Å². The van der Waals surface area contributed by atoms with E-state index < -0.39 is 12.1 Å². The van der Waals surface area contributed by atoms with Crippen molar-refractivity contribution in [2.45, 2.75) is 32.8 Å². The molecule has 0 unspecified atom stereocenters. The van der Waals surface area contributed by atoms with Gasteiger partial charge in [0.15, 0.2) is 6.10 Å². The van der Waals surface area contributed by atoms with Gasteiger partial charge in [-0.15, -0.1) is 0 Å². The van der Waals surface area contributed by atoms with Crippen LogP contribution in [-0.4, -0.2) is 48.5 Å². The summed E-state index contributed by atoms with van der Waals surface area (Å²) in [5, 5.41) is 0. The molecule has 1 aliphatic rings. The average molecular weight is 399 g/mol. The van der Waals surface area contributed by atoms with Crippen LogP contribution in [0.2, 0.25) is 0 Å². The Morgan fingerprint density at radius 1 is 1.14 bits per heavy atom. The molecule has 2 aromatic rings. The van der Waals surface area contributed by atoms with E-state index >= 15 is 0 Å². The Kier molecular flexibility index (Phi) is 6.69. The van der Waals surface area contributed by atoms with Crippen molar-refractivity contribution in [3.63, 3.8) is 0 Å². The van der Waals surface area contributed by atoms with Gasteiger partial charge in [-0.1, -0.05) is 30.3 Å². The lowest BCUT2D eigenvalue weighted by Crippen LogP contribution is -2.45. The average Bonchev–Trinajstić information content (AvgIpc) is 3.24. The Hall–Kier alpha value is -3.09. The van der Waals surface area contributed by atoms with Crippen LogP contribution < -0.4 is 0 Å². The quantitative estimate of drug-likeness (QED) is 0.693. The lowest BCUT2D eigenvalue weighted by molar-refractivity contribution is -0.152. The number of amides is 1. The van der Waals surface area contributed by atoms with Gasteiger partial charge in [0.05, 0.1) is 18.8 Å². The molecule has 0 N–H and O–H groups in total. The van der Waals surface area contributed by atoms with E-state index in [2.05, 4.69) is 0 Å². The molecule has 0 radical (unpaired) electrons. The number of rotatable bonds is 6. The summed E-state index contributed by atoms with van der Waals surface area (Å²) in [6, 6.07) is 11.0. The van der Waals surface area contributed by atoms with Crippen molar-refractivity contribution in [2.24, 2.45) is 5.92 Å². The zero-order chi connectivity index (χ0) is 20.8. The Labute approximate surface area is 169 Å². The second kappa shape index (κ2) is 9.41. The predicted octanol–water partition coefficient (Wildman–Crippen LogP) is 3.29. The molecule has 0 saturated carbocycles. The van der Waals surface area contributed by atoms with Crippen LogP contribution in [0.1, 0.15) is 37.2 Å². The maximum atomic E-state index is 12.7. The summed E-state index contributed by atoms with van der Waals surface area (Å²) in [5.74, 6) is -1.31. The van der Waals surface area contributed by atoms with Crippen LogP contribution in [0, 0.1) is 5.92 Å². The lowest BCUT2D eigenvalue weighted by Gasteiger charge is -2.32. The molecule has 1 aromatic carbocycles. The van der Waals surface area contributed by atoms with E-state index in [-0.39, 0.29) is 23.6 Å². The van der Waals surface area contributed by atoms with E-state index in [1.54, 1.807) is 24.8 Å². The third kappa shape index (κ3) is 4.85. The maximum absolute atomic E-state index is 12.7. The van der Waals surface area contributed by atoms with Gasteiger partial charge < -0.3 is 18.8 Å². The number of piperidine rings is 1. The summed E-state index contributed by atoms with van der Waals surface area (Å²) in [6.07, 6.45) is 1.56. The van der Waals surface area contributed by atoms with Gasteiger partial charge in [0.1, 0.15) is 0 Å². The SMILES string of the molecule is CCOC(=O)C1CCN(C(=O)[C@@H](C)OC(=O)c2occc2-c2ccccc2)CC1. The normalized spacial score (nSPS) is 15.6. The third-order valence-electron chi connectivity index (χ3n) is 4.99. The number of carbonyl (C=O) groups excluding carboxylic acids is 3. The first-order valence-electron chi connectivity index (χ1n) is 9.80. The smallest absolute Gasteiger partial charge is 0.375 e. The number of nitrogens with zero attached hydrogens (tertiary/aromatic N) is 1. The molecule has 1 saturated heterocycles. The van der Waals surface area contributed by atoms with Gasteiger partial charge >= 0.3 is 11.9 Å². The minimum absolute atomic E-state index is 0.0665. The second-order valence-electron chi connectivity index (χ2n) is 6.93. The Morgan fingerprint density at radius 2 is 1.83 bits per heavy atom. The molecule has 1 fully saturated rings. The van der Waals surface area contributed by atoms with Crippen LogP contribution in [0.5, 0.6) is 0 Å². The molecule has 0 bridgehead atoms. The zero-order valence-corrected chi connectivity index (χ0v) is 16.6. The molecule has 154 valence electrons. The highest BCUT2D eigenvalue weighted by Gasteiger charge is 2.32. The monoisotopic (exact) mass is 399 g/mol. The van der Waals surface area contributed by atoms with Crippen molar-refractivity contribution >= 4 is 17.8 Å². The fraction of sp³-hybridized carbons (Fsp3) is 0.409. The van der Waals surface area contributed by atoms with E-state index in [1.165, 1.54) is 6.26 Å². The molecule has 1 amide bonds. The first-order chi connectivity index (χ1) is 14.0. The number of benzene rings is 1. The molecule has 0 aliphatic carbocycles. The number of esters is 2. The Balaban J connectivity index is 1.58. The number of carbonyl (C=O) groups is 3. The zero-order valence-electron chi connectivity index (χ0n) is 16.6. The van der Waals surface area contributed by atoms with Crippen molar-refractivity contribution in [1.29, 1.82) is 0 Å². The predicted molar refractivity (Wildman–Crippen MR) is 105 cm³/mol. The first kappa shape index (κ1) is 20.6. The molecular formula is C22H25NO6. The van der Waals surface area contributed by atoms with Gasteiger partial charge in [-0.05, 0) is 38.3 Å². The summed E-state index contributed by atoms with van der Waals surface area (Å²) in [6.45, 7) is 4.53. The van der Waals surface area contributed by atoms with Gasteiger partial charge in [0.25, 0.3) is 5.91 Å². The standard InChI is InChI=1S/C22H25NO6/c1-3-27-21(25)17-9-12-23(13-10-17)20(24)15(2)29-22(26)19-18(11-14-28-19)16-7-5-4-6-8-16/h4-8,11,14-15,17H,3,9-10,12-13H2,1-2H3/t15-/m1/s1. The largest absolute Gasteiger partial charge is 0.466 e. The van der Waals surface area contributed by atoms with Crippen molar-refractivity contribution in [3.05, 3.63) is 48.4 Å². The van der Waals surface area contributed by atoms with E-state index in [0.29, 0.717) is 38.1 Å². The minimum atomic E-state index is -0.949. The van der Waals surface area contributed by atoms with Crippen molar-refractivity contribution in [2.75, 3.05) is 19.7 Å². The fourth-order valence-corrected chi connectivity index (χ4v) is 3.43. The Morgan fingerprint density at radius 3 is 2.48 bits per heavy atom. The summed E-state index contributed by atoms with van der Waals surface area (Å²) >= 11 is 0. The highest BCUT2D eigenvalue weighted by Crippen LogP contribution is 2.26. The molecule has 1 atom stereocenters. The molecule has 7 nitrogen and oxygen atoms in total. The molecule has 1 aromatic heterocycles. The first-order valence-corrected chi connectivity index (χ1v) is 9.80. The van der Waals surface area contributed by atoms with Crippen LogP contribution in [0.4, 0.5) is 0 Å². The van der Waals surface area contributed by atoms with Crippen LogP contribution in [0.3, 0.4) is 0 Å². The Bertz CT molecular complexity index is 851. The number of likely N-dealkylation sites (tertiary alicyclic amines) is 1. The summed E-state index contributed by atoms with van der Waals surface area (Å²) in [7, 11) is 0. The number of hydrogen-bond acceptors (Lipinski definition) is 6. The summed E-state index contributed by atoms with van der Waals surface area (Å²) in [5.41, 5.74) is 1.44. The molecule has 2 heterocycles. The third-order valence-corrected chi connectivity index (χ3v) is 4.99. The van der Waals surface area contributed by atoms with Gasteiger partial charge in [0.2, 0.25) is 5.76 Å². The highest BCUT2D eigenvalue weighted by atomic mass is 16.6. The topological polar surface area (TPSA) is 86.0 Å². The molecule has 7 heteroatoms. The van der Waals surface area contributed by atoms with Crippen molar-refractivity contribution in [1.82, 2.24) is 4.90 Å².